The lowest BCUT2D eigenvalue weighted by atomic mass is 9.88. The van der Waals surface area contributed by atoms with Crippen molar-refractivity contribution in [3.63, 3.8) is 0 Å². The van der Waals surface area contributed by atoms with Gasteiger partial charge >= 0.3 is 0 Å². The van der Waals surface area contributed by atoms with E-state index in [1.807, 2.05) is 6.07 Å². The van der Waals surface area contributed by atoms with E-state index in [4.69, 9.17) is 0 Å². The van der Waals surface area contributed by atoms with E-state index in [0.29, 0.717) is 13.0 Å². The lowest BCUT2D eigenvalue weighted by molar-refractivity contribution is 0.478. The monoisotopic (exact) mass is 283 g/mol. The summed E-state index contributed by atoms with van der Waals surface area (Å²) in [6.45, 7) is 6.70. The Labute approximate surface area is 114 Å². The summed E-state index contributed by atoms with van der Waals surface area (Å²) in [4.78, 5) is 12.0. The van der Waals surface area contributed by atoms with Gasteiger partial charge in [-0.25, -0.2) is 8.42 Å². The molecular formula is C14H21NO3S. The first-order valence-corrected chi connectivity index (χ1v) is 8.41. The van der Waals surface area contributed by atoms with Crippen LogP contribution in [0.25, 0.3) is 0 Å². The minimum Gasteiger partial charge on any atom is -0.315 e. The molecule has 1 aromatic heterocycles. The van der Waals surface area contributed by atoms with Gasteiger partial charge in [-0.2, -0.15) is 0 Å². The van der Waals surface area contributed by atoms with Crippen molar-refractivity contribution in [3.8, 4) is 0 Å². The molecule has 0 aromatic carbocycles. The summed E-state index contributed by atoms with van der Waals surface area (Å²) in [6.07, 6.45) is 2.45. The van der Waals surface area contributed by atoms with Crippen molar-refractivity contribution in [2.45, 2.75) is 39.2 Å². The van der Waals surface area contributed by atoms with Crippen LogP contribution in [0.5, 0.6) is 0 Å². The summed E-state index contributed by atoms with van der Waals surface area (Å²) in [6, 6.07) is 3.61. The van der Waals surface area contributed by atoms with Gasteiger partial charge in [0.2, 0.25) is 0 Å². The first kappa shape index (κ1) is 14.3. The number of sulfone groups is 1. The summed E-state index contributed by atoms with van der Waals surface area (Å²) >= 11 is 0. The van der Waals surface area contributed by atoms with E-state index < -0.39 is 9.84 Å². The molecule has 0 saturated carbocycles. The molecule has 1 aliphatic heterocycles. The Kier molecular flexibility index (Phi) is 3.60. The van der Waals surface area contributed by atoms with Gasteiger partial charge in [-0.3, -0.25) is 4.79 Å². The predicted octanol–water partition coefficient (Wildman–Crippen LogP) is 1.58. The minimum atomic E-state index is -2.88. The Bertz CT molecular complexity index is 623. The topological polar surface area (TPSA) is 56.1 Å². The molecule has 2 rings (SSSR count). The van der Waals surface area contributed by atoms with Crippen LogP contribution in [0.2, 0.25) is 0 Å². The molecule has 1 fully saturated rings. The molecule has 0 aliphatic carbocycles. The molecule has 106 valence electrons. The Morgan fingerprint density at radius 1 is 1.37 bits per heavy atom. The highest BCUT2D eigenvalue weighted by molar-refractivity contribution is 7.91. The Morgan fingerprint density at radius 2 is 2.05 bits per heavy atom. The fourth-order valence-corrected chi connectivity index (χ4v) is 4.27. The third-order valence-corrected chi connectivity index (χ3v) is 5.48. The average Bonchev–Trinajstić information content (AvgIpc) is 2.59. The Hall–Kier alpha value is -1.10. The molecule has 1 saturated heterocycles. The summed E-state index contributed by atoms with van der Waals surface area (Å²) in [7, 11) is -2.88. The zero-order valence-electron chi connectivity index (χ0n) is 11.7. The lowest BCUT2D eigenvalue weighted by Crippen LogP contribution is -2.26. The van der Waals surface area contributed by atoms with Gasteiger partial charge in [0.25, 0.3) is 5.56 Å². The van der Waals surface area contributed by atoms with Gasteiger partial charge in [0.15, 0.2) is 9.84 Å². The number of nitrogens with zero attached hydrogens (tertiary/aromatic N) is 1. The van der Waals surface area contributed by atoms with Crippen LogP contribution in [0.3, 0.4) is 0 Å². The first-order valence-electron chi connectivity index (χ1n) is 6.59. The van der Waals surface area contributed by atoms with Gasteiger partial charge in [0.1, 0.15) is 0 Å². The van der Waals surface area contributed by atoms with Gasteiger partial charge in [-0.15, -0.1) is 0 Å². The van der Waals surface area contributed by atoms with Crippen LogP contribution in [0.15, 0.2) is 23.1 Å². The molecule has 1 aromatic rings. The largest absolute Gasteiger partial charge is 0.315 e. The molecule has 0 spiro atoms. The van der Waals surface area contributed by atoms with Crippen molar-refractivity contribution in [1.82, 2.24) is 4.57 Å². The second-order valence-corrected chi connectivity index (χ2v) is 8.65. The van der Waals surface area contributed by atoms with E-state index in [9.17, 15) is 13.2 Å². The van der Waals surface area contributed by atoms with E-state index in [2.05, 4.69) is 20.8 Å². The molecule has 0 amide bonds. The maximum atomic E-state index is 12.0. The normalized spacial score (nSPS) is 22.6. The zero-order chi connectivity index (χ0) is 14.3. The van der Waals surface area contributed by atoms with E-state index in [0.717, 1.165) is 5.56 Å². The molecule has 5 heteroatoms. The quantitative estimate of drug-likeness (QED) is 0.828. The fraction of sp³-hybridized carbons (Fsp3) is 0.643. The SMILES string of the molecule is CC(C)(C)c1ccn(CC2CCS(=O)(=O)C2)c(=O)c1. The van der Waals surface area contributed by atoms with Gasteiger partial charge in [-0.05, 0) is 29.4 Å². The third-order valence-electron chi connectivity index (χ3n) is 3.64. The minimum absolute atomic E-state index is 0.0447. The number of hydrogen-bond acceptors (Lipinski definition) is 3. The van der Waals surface area contributed by atoms with Crippen molar-refractivity contribution < 1.29 is 8.42 Å². The highest BCUT2D eigenvalue weighted by Crippen LogP contribution is 2.22. The van der Waals surface area contributed by atoms with Crippen molar-refractivity contribution in [2.24, 2.45) is 5.92 Å². The van der Waals surface area contributed by atoms with Gasteiger partial charge < -0.3 is 4.57 Å². The van der Waals surface area contributed by atoms with Gasteiger partial charge in [0, 0.05) is 18.8 Å². The second kappa shape index (κ2) is 4.78. The molecular weight excluding hydrogens is 262 g/mol. The maximum absolute atomic E-state index is 12.0. The summed E-state index contributed by atoms with van der Waals surface area (Å²) in [5.74, 6) is 0.538. The average molecular weight is 283 g/mol. The van der Waals surface area contributed by atoms with Crippen molar-refractivity contribution >= 4 is 9.84 Å². The maximum Gasteiger partial charge on any atom is 0.250 e. The predicted molar refractivity (Wildman–Crippen MR) is 76.2 cm³/mol. The van der Waals surface area contributed by atoms with Crippen LogP contribution < -0.4 is 5.56 Å². The van der Waals surface area contributed by atoms with Gasteiger partial charge in [0.05, 0.1) is 11.5 Å². The summed E-state index contributed by atoms with van der Waals surface area (Å²) < 4.78 is 24.5. The molecule has 0 bridgehead atoms. The molecule has 2 heterocycles. The molecule has 1 unspecified atom stereocenters. The summed E-state index contributed by atoms with van der Waals surface area (Å²) in [5.41, 5.74) is 0.916. The second-order valence-electron chi connectivity index (χ2n) is 6.43. The molecule has 0 N–H and O–H groups in total. The van der Waals surface area contributed by atoms with Crippen LogP contribution in [0.4, 0.5) is 0 Å². The standard InChI is InChI=1S/C14H21NO3S/c1-14(2,3)12-4-6-15(13(16)8-12)9-11-5-7-19(17,18)10-11/h4,6,8,11H,5,7,9-10H2,1-3H3. The fourth-order valence-electron chi connectivity index (χ4n) is 2.42. The van der Waals surface area contributed by atoms with Gasteiger partial charge in [-0.1, -0.05) is 20.8 Å². The van der Waals surface area contributed by atoms with Crippen molar-refractivity contribution in [2.75, 3.05) is 11.5 Å². The van der Waals surface area contributed by atoms with E-state index in [1.54, 1.807) is 16.8 Å². The number of aromatic nitrogens is 1. The number of hydrogen-bond donors (Lipinski definition) is 0. The van der Waals surface area contributed by atoms with Crippen LogP contribution in [-0.4, -0.2) is 24.5 Å². The van der Waals surface area contributed by atoms with E-state index >= 15 is 0 Å². The molecule has 1 atom stereocenters. The highest BCUT2D eigenvalue weighted by atomic mass is 32.2. The number of rotatable bonds is 2. The number of pyridine rings is 1. The Balaban J connectivity index is 2.17. The van der Waals surface area contributed by atoms with E-state index in [1.165, 1.54) is 0 Å². The summed E-state index contributed by atoms with van der Waals surface area (Å²) in [5, 5.41) is 0. The zero-order valence-corrected chi connectivity index (χ0v) is 12.5. The van der Waals surface area contributed by atoms with Crippen LogP contribution >= 0.6 is 0 Å². The van der Waals surface area contributed by atoms with E-state index in [-0.39, 0.29) is 28.4 Å². The lowest BCUT2D eigenvalue weighted by Gasteiger charge is -2.19. The smallest absolute Gasteiger partial charge is 0.250 e. The highest BCUT2D eigenvalue weighted by Gasteiger charge is 2.28. The molecule has 4 nitrogen and oxygen atoms in total. The van der Waals surface area contributed by atoms with Crippen LogP contribution in [-0.2, 0) is 21.8 Å². The Morgan fingerprint density at radius 3 is 2.53 bits per heavy atom. The molecule has 1 aliphatic rings. The van der Waals surface area contributed by atoms with Crippen molar-refractivity contribution in [3.05, 3.63) is 34.2 Å². The van der Waals surface area contributed by atoms with Crippen LogP contribution in [0, 0.1) is 5.92 Å². The first-order chi connectivity index (χ1) is 8.67. The van der Waals surface area contributed by atoms with Crippen molar-refractivity contribution in [1.29, 1.82) is 0 Å². The third kappa shape index (κ3) is 3.47. The molecule has 0 radical (unpaired) electrons. The van der Waals surface area contributed by atoms with Crippen LogP contribution in [0.1, 0.15) is 32.8 Å². The molecule has 19 heavy (non-hydrogen) atoms.